The summed E-state index contributed by atoms with van der Waals surface area (Å²) < 4.78 is 5.61. The quantitative estimate of drug-likeness (QED) is 0.822. The topological polar surface area (TPSA) is 66.0 Å². The number of furan rings is 1. The van der Waals surface area contributed by atoms with E-state index in [0.29, 0.717) is 24.5 Å². The Morgan fingerprint density at radius 2 is 2.42 bits per heavy atom. The van der Waals surface area contributed by atoms with Gasteiger partial charge in [-0.2, -0.15) is 5.26 Å². The van der Waals surface area contributed by atoms with Crippen molar-refractivity contribution in [2.24, 2.45) is 5.92 Å². The fourth-order valence-corrected chi connectivity index (χ4v) is 2.01. The van der Waals surface area contributed by atoms with Gasteiger partial charge in [0.2, 0.25) is 5.78 Å². The molecule has 2 rings (SSSR count). The molecule has 19 heavy (non-hydrogen) atoms. The number of Topliss-reactive ketones (excluding diaryl/α,β-unsaturated/α-hetero) is 1. The Labute approximate surface area is 112 Å². The summed E-state index contributed by atoms with van der Waals surface area (Å²) in [5, 5.41) is 11.8. The summed E-state index contributed by atoms with van der Waals surface area (Å²) in [7, 11) is 0. The fraction of sp³-hybridized carbons (Fsp3) is 0.333. The van der Waals surface area contributed by atoms with Crippen molar-refractivity contribution in [3.05, 3.63) is 42.0 Å². The van der Waals surface area contributed by atoms with Gasteiger partial charge in [-0.05, 0) is 30.8 Å². The zero-order valence-corrected chi connectivity index (χ0v) is 10.8. The van der Waals surface area contributed by atoms with Crippen LogP contribution in [0.2, 0.25) is 0 Å². The highest BCUT2D eigenvalue weighted by atomic mass is 16.3. The summed E-state index contributed by atoms with van der Waals surface area (Å²) in [5.74, 6) is 0.678. The van der Waals surface area contributed by atoms with Gasteiger partial charge in [0, 0.05) is 24.5 Å². The number of carbonyl (C=O) groups is 1. The van der Waals surface area contributed by atoms with Crippen LogP contribution in [0.4, 0.5) is 0 Å². The van der Waals surface area contributed by atoms with Crippen molar-refractivity contribution in [2.75, 3.05) is 6.54 Å². The summed E-state index contributed by atoms with van der Waals surface area (Å²) in [6.07, 6.45) is 6.59. The van der Waals surface area contributed by atoms with Crippen molar-refractivity contribution in [3.8, 4) is 6.07 Å². The highest BCUT2D eigenvalue weighted by Crippen LogP contribution is 2.22. The molecule has 1 unspecified atom stereocenters. The number of rotatable bonds is 5. The van der Waals surface area contributed by atoms with E-state index in [1.807, 2.05) is 31.3 Å². The van der Waals surface area contributed by atoms with Crippen molar-refractivity contribution in [2.45, 2.75) is 19.8 Å². The van der Waals surface area contributed by atoms with E-state index in [-0.39, 0.29) is 18.1 Å². The number of allylic oxidation sites excluding steroid dienone is 2. The smallest absolute Gasteiger partial charge is 0.202 e. The first-order chi connectivity index (χ1) is 9.26. The monoisotopic (exact) mass is 256 g/mol. The van der Waals surface area contributed by atoms with Gasteiger partial charge in [0.1, 0.15) is 5.76 Å². The average molecular weight is 256 g/mol. The molecule has 0 saturated carbocycles. The zero-order valence-electron chi connectivity index (χ0n) is 10.8. The van der Waals surface area contributed by atoms with Crippen LogP contribution in [-0.4, -0.2) is 12.3 Å². The molecule has 0 aromatic carbocycles. The van der Waals surface area contributed by atoms with Gasteiger partial charge in [0.15, 0.2) is 5.76 Å². The summed E-state index contributed by atoms with van der Waals surface area (Å²) in [4.78, 5) is 12.2. The first-order valence-electron chi connectivity index (χ1n) is 6.36. The normalized spacial score (nSPS) is 15.3. The minimum Gasteiger partial charge on any atom is -0.453 e. The maximum absolute atomic E-state index is 12.2. The fourth-order valence-electron chi connectivity index (χ4n) is 2.01. The number of ketones is 1. The van der Waals surface area contributed by atoms with E-state index in [4.69, 9.17) is 9.68 Å². The Morgan fingerprint density at radius 3 is 3.05 bits per heavy atom. The number of carbonyl (C=O) groups excluding carboxylic acids is 1. The standard InChI is InChI=1S/C15H16N2O2/c1-2-11(7-8-16)15(18)14-6-5-13(19-14)12-4-3-9-17-10-12/h3-6,9,11,17H,2,7,10H2,1H3. The molecule has 0 radical (unpaired) electrons. The number of dihydropyridines is 1. The van der Waals surface area contributed by atoms with Crippen LogP contribution in [0.1, 0.15) is 36.1 Å². The minimum atomic E-state index is -0.276. The van der Waals surface area contributed by atoms with Gasteiger partial charge < -0.3 is 9.73 Å². The molecule has 1 aliphatic rings. The van der Waals surface area contributed by atoms with E-state index < -0.39 is 0 Å². The van der Waals surface area contributed by atoms with E-state index >= 15 is 0 Å². The molecule has 4 heteroatoms. The summed E-state index contributed by atoms with van der Waals surface area (Å²) in [6, 6.07) is 5.54. The van der Waals surface area contributed by atoms with Crippen LogP contribution in [-0.2, 0) is 0 Å². The van der Waals surface area contributed by atoms with Gasteiger partial charge in [-0.3, -0.25) is 4.79 Å². The van der Waals surface area contributed by atoms with Crippen LogP contribution in [0.15, 0.2) is 34.9 Å². The average Bonchev–Trinajstić information content (AvgIpc) is 2.95. The number of nitrogens with zero attached hydrogens (tertiary/aromatic N) is 1. The predicted molar refractivity (Wildman–Crippen MR) is 72.2 cm³/mol. The molecular weight excluding hydrogens is 240 g/mol. The Hall–Kier alpha value is -2.28. The van der Waals surface area contributed by atoms with Crippen molar-refractivity contribution >= 4 is 11.4 Å². The molecule has 0 bridgehead atoms. The van der Waals surface area contributed by atoms with Crippen molar-refractivity contribution < 1.29 is 9.21 Å². The van der Waals surface area contributed by atoms with Gasteiger partial charge in [0.25, 0.3) is 0 Å². The zero-order chi connectivity index (χ0) is 13.7. The molecule has 0 aliphatic carbocycles. The summed E-state index contributed by atoms with van der Waals surface area (Å²) >= 11 is 0. The molecule has 1 atom stereocenters. The van der Waals surface area contributed by atoms with Crippen molar-refractivity contribution in [1.82, 2.24) is 5.32 Å². The highest BCUT2D eigenvalue weighted by molar-refractivity contribution is 5.95. The van der Waals surface area contributed by atoms with Gasteiger partial charge in [-0.25, -0.2) is 0 Å². The second-order valence-corrected chi connectivity index (χ2v) is 4.43. The van der Waals surface area contributed by atoms with Crippen molar-refractivity contribution in [3.63, 3.8) is 0 Å². The molecule has 1 aliphatic heterocycles. The summed E-state index contributed by atoms with van der Waals surface area (Å²) in [6.45, 7) is 2.59. The molecule has 0 saturated heterocycles. The third kappa shape index (κ3) is 2.94. The Kier molecular flexibility index (Phi) is 4.19. The lowest BCUT2D eigenvalue weighted by Crippen LogP contribution is -2.13. The summed E-state index contributed by atoms with van der Waals surface area (Å²) in [5.41, 5.74) is 1.01. The first-order valence-corrected chi connectivity index (χ1v) is 6.36. The van der Waals surface area contributed by atoms with Crippen LogP contribution in [0.25, 0.3) is 5.57 Å². The van der Waals surface area contributed by atoms with E-state index in [2.05, 4.69) is 5.32 Å². The number of hydrogen-bond acceptors (Lipinski definition) is 4. The molecule has 1 aromatic heterocycles. The van der Waals surface area contributed by atoms with Crippen LogP contribution in [0, 0.1) is 17.2 Å². The molecule has 1 N–H and O–H groups in total. The third-order valence-electron chi connectivity index (χ3n) is 3.17. The Morgan fingerprint density at radius 1 is 1.58 bits per heavy atom. The van der Waals surface area contributed by atoms with Crippen molar-refractivity contribution in [1.29, 1.82) is 5.26 Å². The molecule has 0 fully saturated rings. The second kappa shape index (κ2) is 6.05. The molecular formula is C15H16N2O2. The predicted octanol–water partition coefficient (Wildman–Crippen LogP) is 2.90. The molecule has 0 spiro atoms. The number of nitrogens with one attached hydrogen (secondary N) is 1. The van der Waals surface area contributed by atoms with Crippen LogP contribution < -0.4 is 5.32 Å². The van der Waals surface area contributed by atoms with E-state index in [9.17, 15) is 4.79 Å². The Balaban J connectivity index is 2.16. The van der Waals surface area contributed by atoms with E-state index in [1.165, 1.54) is 0 Å². The van der Waals surface area contributed by atoms with Crippen LogP contribution >= 0.6 is 0 Å². The van der Waals surface area contributed by atoms with Gasteiger partial charge in [0.05, 0.1) is 6.07 Å². The largest absolute Gasteiger partial charge is 0.453 e. The van der Waals surface area contributed by atoms with E-state index in [1.54, 1.807) is 12.1 Å². The van der Waals surface area contributed by atoms with Crippen LogP contribution in [0.5, 0.6) is 0 Å². The molecule has 4 nitrogen and oxygen atoms in total. The maximum atomic E-state index is 12.2. The second-order valence-electron chi connectivity index (χ2n) is 4.43. The first kappa shape index (κ1) is 13.2. The third-order valence-corrected chi connectivity index (χ3v) is 3.17. The lowest BCUT2D eigenvalue weighted by atomic mass is 9.96. The van der Waals surface area contributed by atoms with Gasteiger partial charge >= 0.3 is 0 Å². The minimum absolute atomic E-state index is 0.0878. The number of nitriles is 1. The molecule has 0 amide bonds. The number of hydrogen-bond donors (Lipinski definition) is 1. The lowest BCUT2D eigenvalue weighted by Gasteiger charge is -2.09. The Bertz CT molecular complexity index is 561. The molecule has 1 aromatic rings. The van der Waals surface area contributed by atoms with Gasteiger partial charge in [-0.1, -0.05) is 13.0 Å². The van der Waals surface area contributed by atoms with E-state index in [0.717, 1.165) is 5.57 Å². The SMILES string of the molecule is CCC(CC#N)C(=O)c1ccc(C2=CC=CNC2)o1. The van der Waals surface area contributed by atoms with Crippen LogP contribution in [0.3, 0.4) is 0 Å². The lowest BCUT2D eigenvalue weighted by molar-refractivity contribution is 0.0889. The maximum Gasteiger partial charge on any atom is 0.202 e. The highest BCUT2D eigenvalue weighted by Gasteiger charge is 2.21. The molecule has 2 heterocycles. The molecule has 98 valence electrons. The van der Waals surface area contributed by atoms with Gasteiger partial charge in [-0.15, -0.1) is 0 Å².